The van der Waals surface area contributed by atoms with Crippen molar-refractivity contribution in [3.8, 4) is 11.4 Å². The van der Waals surface area contributed by atoms with Gasteiger partial charge in [0.1, 0.15) is 5.82 Å². The molecule has 0 aliphatic carbocycles. The second-order valence-corrected chi connectivity index (χ2v) is 7.91. The minimum Gasteiger partial charge on any atom is -0.369 e. The highest BCUT2D eigenvalue weighted by atomic mass is 79.9. The predicted octanol–water partition coefficient (Wildman–Crippen LogP) is 5.86. The molecule has 0 aliphatic heterocycles. The van der Waals surface area contributed by atoms with E-state index in [1.807, 2.05) is 25.2 Å². The number of para-hydroxylation sites is 1. The molecule has 148 valence electrons. The average Bonchev–Trinajstić information content (AvgIpc) is 2.64. The molecular weight excluding hydrogens is 501 g/mol. The van der Waals surface area contributed by atoms with Gasteiger partial charge in [-0.2, -0.15) is 13.2 Å². The SMILES string of the molecule is CNCCCNc1nc(-c2cc(Br)cc(C(F)(F)F)c2)nc2c(Br)cccc12. The van der Waals surface area contributed by atoms with Gasteiger partial charge in [0.15, 0.2) is 5.82 Å². The molecule has 0 amide bonds. The van der Waals surface area contributed by atoms with Gasteiger partial charge in [0, 0.05) is 26.4 Å². The lowest BCUT2D eigenvalue weighted by Crippen LogP contribution is -2.14. The van der Waals surface area contributed by atoms with Crippen molar-refractivity contribution in [3.63, 3.8) is 0 Å². The van der Waals surface area contributed by atoms with Crippen LogP contribution in [0.15, 0.2) is 45.3 Å². The number of aromatic nitrogens is 2. The standard InChI is InChI=1S/C19H17Br2F3N4/c1-25-6-3-7-26-18-14-4-2-5-15(21)16(14)27-17(28-18)11-8-12(19(22,23)24)10-13(20)9-11/h2,4-5,8-10,25H,3,6-7H2,1H3,(H,26,27,28). The number of hydrogen-bond donors (Lipinski definition) is 2. The van der Waals surface area contributed by atoms with Crippen LogP contribution < -0.4 is 10.6 Å². The van der Waals surface area contributed by atoms with Crippen LogP contribution in [-0.4, -0.2) is 30.1 Å². The fourth-order valence-electron chi connectivity index (χ4n) is 2.74. The van der Waals surface area contributed by atoms with Gasteiger partial charge >= 0.3 is 6.18 Å². The number of anilines is 1. The predicted molar refractivity (Wildman–Crippen MR) is 112 cm³/mol. The largest absolute Gasteiger partial charge is 0.416 e. The Kier molecular flexibility index (Phi) is 6.57. The summed E-state index contributed by atoms with van der Waals surface area (Å²) in [6.45, 7) is 1.51. The van der Waals surface area contributed by atoms with Gasteiger partial charge in [-0.05, 0) is 66.3 Å². The minimum atomic E-state index is -4.45. The molecule has 1 heterocycles. The quantitative estimate of drug-likeness (QED) is 0.402. The topological polar surface area (TPSA) is 49.8 Å². The Hall–Kier alpha value is -1.71. The Balaban J connectivity index is 2.11. The molecule has 0 unspecified atom stereocenters. The van der Waals surface area contributed by atoms with E-state index >= 15 is 0 Å². The highest BCUT2D eigenvalue weighted by molar-refractivity contribution is 9.11. The molecule has 0 saturated heterocycles. The van der Waals surface area contributed by atoms with Gasteiger partial charge in [-0.1, -0.05) is 22.0 Å². The van der Waals surface area contributed by atoms with E-state index in [-0.39, 0.29) is 11.4 Å². The Morgan fingerprint density at radius 3 is 2.54 bits per heavy atom. The summed E-state index contributed by atoms with van der Waals surface area (Å²) < 4.78 is 40.7. The van der Waals surface area contributed by atoms with E-state index in [2.05, 4.69) is 52.5 Å². The smallest absolute Gasteiger partial charge is 0.369 e. The third-order valence-corrected chi connectivity index (χ3v) is 5.15. The summed E-state index contributed by atoms with van der Waals surface area (Å²) in [7, 11) is 1.88. The van der Waals surface area contributed by atoms with Crippen LogP contribution in [0.4, 0.5) is 19.0 Å². The summed E-state index contributed by atoms with van der Waals surface area (Å²) in [6, 6.07) is 9.27. The Bertz CT molecular complexity index is 993. The third-order valence-electron chi connectivity index (χ3n) is 4.06. The molecule has 0 bridgehead atoms. The van der Waals surface area contributed by atoms with E-state index in [4.69, 9.17) is 0 Å². The Morgan fingerprint density at radius 1 is 1.04 bits per heavy atom. The molecule has 2 N–H and O–H groups in total. The summed E-state index contributed by atoms with van der Waals surface area (Å²) in [5.41, 5.74) is 0.172. The second-order valence-electron chi connectivity index (χ2n) is 6.14. The van der Waals surface area contributed by atoms with Gasteiger partial charge < -0.3 is 10.6 Å². The van der Waals surface area contributed by atoms with Crippen LogP contribution in [0.3, 0.4) is 0 Å². The molecule has 0 fully saturated rings. The van der Waals surface area contributed by atoms with E-state index in [9.17, 15) is 13.2 Å². The maximum atomic E-state index is 13.2. The van der Waals surface area contributed by atoms with Gasteiger partial charge in [0.2, 0.25) is 0 Å². The van der Waals surface area contributed by atoms with E-state index in [0.717, 1.165) is 35.0 Å². The molecule has 4 nitrogen and oxygen atoms in total. The number of rotatable bonds is 6. The molecule has 1 aromatic heterocycles. The lowest BCUT2D eigenvalue weighted by Gasteiger charge is -2.13. The minimum absolute atomic E-state index is 0.224. The first-order valence-corrected chi connectivity index (χ1v) is 10.1. The molecule has 0 saturated carbocycles. The van der Waals surface area contributed by atoms with Crippen molar-refractivity contribution < 1.29 is 13.2 Å². The first kappa shape index (κ1) is 21.0. The number of alkyl halides is 3. The van der Waals surface area contributed by atoms with E-state index in [1.165, 1.54) is 0 Å². The van der Waals surface area contributed by atoms with E-state index in [0.29, 0.717) is 22.4 Å². The van der Waals surface area contributed by atoms with E-state index < -0.39 is 11.7 Å². The van der Waals surface area contributed by atoms with Crippen molar-refractivity contribution in [2.24, 2.45) is 0 Å². The second kappa shape index (κ2) is 8.75. The van der Waals surface area contributed by atoms with Gasteiger partial charge in [-0.3, -0.25) is 0 Å². The van der Waals surface area contributed by atoms with Crippen molar-refractivity contribution in [3.05, 3.63) is 50.9 Å². The summed E-state index contributed by atoms with van der Waals surface area (Å²) >= 11 is 6.63. The molecule has 28 heavy (non-hydrogen) atoms. The normalized spacial score (nSPS) is 11.8. The lowest BCUT2D eigenvalue weighted by atomic mass is 10.1. The molecule has 3 rings (SSSR count). The zero-order valence-corrected chi connectivity index (χ0v) is 18.0. The fourth-order valence-corrected chi connectivity index (χ4v) is 3.68. The molecule has 9 heteroatoms. The molecule has 0 radical (unpaired) electrons. The van der Waals surface area contributed by atoms with E-state index in [1.54, 1.807) is 6.07 Å². The number of fused-ring (bicyclic) bond motifs is 1. The zero-order chi connectivity index (χ0) is 20.3. The molecule has 0 atom stereocenters. The van der Waals surface area contributed by atoms with Crippen molar-refractivity contribution in [1.29, 1.82) is 0 Å². The number of hydrogen-bond acceptors (Lipinski definition) is 4. The monoisotopic (exact) mass is 516 g/mol. The van der Waals surface area contributed by atoms with Gasteiger partial charge in [0.05, 0.1) is 11.1 Å². The first-order chi connectivity index (χ1) is 13.3. The van der Waals surface area contributed by atoms with Crippen LogP contribution in [0.25, 0.3) is 22.3 Å². The van der Waals surface area contributed by atoms with Crippen molar-refractivity contribution in [2.75, 3.05) is 25.5 Å². The number of halogens is 5. The summed E-state index contributed by atoms with van der Waals surface area (Å²) in [6.07, 6.45) is -3.58. The molecule has 2 aromatic carbocycles. The Labute approximate surface area is 177 Å². The average molecular weight is 518 g/mol. The maximum Gasteiger partial charge on any atom is 0.416 e. The van der Waals surface area contributed by atoms with Crippen LogP contribution >= 0.6 is 31.9 Å². The zero-order valence-electron chi connectivity index (χ0n) is 14.9. The van der Waals surface area contributed by atoms with Crippen LogP contribution in [0.1, 0.15) is 12.0 Å². The number of nitrogens with one attached hydrogen (secondary N) is 2. The van der Waals surface area contributed by atoms with Crippen LogP contribution in [0.5, 0.6) is 0 Å². The Morgan fingerprint density at radius 2 is 1.82 bits per heavy atom. The van der Waals surface area contributed by atoms with Crippen molar-refractivity contribution in [2.45, 2.75) is 12.6 Å². The summed E-state index contributed by atoms with van der Waals surface area (Å²) in [4.78, 5) is 9.04. The molecule has 0 aliphatic rings. The van der Waals surface area contributed by atoms with Crippen LogP contribution in [0, 0.1) is 0 Å². The first-order valence-electron chi connectivity index (χ1n) is 8.52. The van der Waals surface area contributed by atoms with Crippen LogP contribution in [-0.2, 0) is 6.18 Å². The summed E-state index contributed by atoms with van der Waals surface area (Å²) in [5.74, 6) is 0.813. The van der Waals surface area contributed by atoms with Gasteiger partial charge in [-0.25, -0.2) is 9.97 Å². The van der Waals surface area contributed by atoms with Gasteiger partial charge in [-0.15, -0.1) is 0 Å². The number of nitrogens with zero attached hydrogens (tertiary/aromatic N) is 2. The molecule has 0 spiro atoms. The highest BCUT2D eigenvalue weighted by Gasteiger charge is 2.31. The summed E-state index contributed by atoms with van der Waals surface area (Å²) in [5, 5.41) is 7.15. The third kappa shape index (κ3) is 4.82. The van der Waals surface area contributed by atoms with Crippen LogP contribution in [0.2, 0.25) is 0 Å². The number of benzene rings is 2. The highest BCUT2D eigenvalue weighted by Crippen LogP contribution is 2.35. The molecular formula is C19H17Br2F3N4. The van der Waals surface area contributed by atoms with Crippen molar-refractivity contribution >= 4 is 48.6 Å². The lowest BCUT2D eigenvalue weighted by molar-refractivity contribution is -0.137. The maximum absolute atomic E-state index is 13.2. The fraction of sp³-hybridized carbons (Fsp3) is 0.263. The molecule has 3 aromatic rings. The van der Waals surface area contributed by atoms with Gasteiger partial charge in [0.25, 0.3) is 0 Å². The van der Waals surface area contributed by atoms with Crippen molar-refractivity contribution in [1.82, 2.24) is 15.3 Å².